The van der Waals surface area contributed by atoms with E-state index < -0.39 is 0 Å². The molecule has 3 nitrogen and oxygen atoms in total. The number of rotatable bonds is 3. The van der Waals surface area contributed by atoms with Gasteiger partial charge in [-0.25, -0.2) is 0 Å². The van der Waals surface area contributed by atoms with E-state index in [9.17, 15) is 4.79 Å². The third-order valence-electron chi connectivity index (χ3n) is 2.95. The second-order valence-electron chi connectivity index (χ2n) is 4.31. The first-order valence-electron chi connectivity index (χ1n) is 5.95. The smallest absolute Gasteiger partial charge is 0.255 e. The summed E-state index contributed by atoms with van der Waals surface area (Å²) in [6.07, 6.45) is 0. The SMILES string of the molecule is Cc1c(Cl)cccc1NC(=O)c1ccc(C(N)=S)cc1. The summed E-state index contributed by atoms with van der Waals surface area (Å²) >= 11 is 10.9. The summed E-state index contributed by atoms with van der Waals surface area (Å²) in [4.78, 5) is 12.4. The molecule has 20 heavy (non-hydrogen) atoms. The van der Waals surface area contributed by atoms with E-state index in [-0.39, 0.29) is 5.91 Å². The minimum absolute atomic E-state index is 0.204. The summed E-state index contributed by atoms with van der Waals surface area (Å²) in [6, 6.07) is 12.2. The fourth-order valence-corrected chi connectivity index (χ4v) is 2.03. The highest BCUT2D eigenvalue weighted by molar-refractivity contribution is 7.80. The molecule has 0 radical (unpaired) electrons. The number of nitrogens with two attached hydrogens (primary N) is 1. The van der Waals surface area contributed by atoms with Crippen LogP contribution >= 0.6 is 23.8 Å². The molecule has 0 aliphatic rings. The molecule has 0 fully saturated rings. The predicted molar refractivity (Wildman–Crippen MR) is 86.5 cm³/mol. The van der Waals surface area contributed by atoms with Gasteiger partial charge in [0.25, 0.3) is 5.91 Å². The van der Waals surface area contributed by atoms with Crippen molar-refractivity contribution in [2.75, 3.05) is 5.32 Å². The predicted octanol–water partition coefficient (Wildman–Crippen LogP) is 3.53. The van der Waals surface area contributed by atoms with Gasteiger partial charge < -0.3 is 11.1 Å². The van der Waals surface area contributed by atoms with Gasteiger partial charge in [0.15, 0.2) is 0 Å². The summed E-state index contributed by atoms with van der Waals surface area (Å²) in [7, 11) is 0. The van der Waals surface area contributed by atoms with Crippen molar-refractivity contribution in [3.63, 3.8) is 0 Å². The van der Waals surface area contributed by atoms with E-state index in [0.717, 1.165) is 11.1 Å². The van der Waals surface area contributed by atoms with Crippen molar-refractivity contribution in [3.05, 3.63) is 64.2 Å². The molecule has 2 aromatic rings. The molecular formula is C15H13ClN2OS. The van der Waals surface area contributed by atoms with Gasteiger partial charge in [-0.2, -0.15) is 0 Å². The lowest BCUT2D eigenvalue weighted by Gasteiger charge is -2.09. The molecule has 3 N–H and O–H groups in total. The van der Waals surface area contributed by atoms with Crippen LogP contribution in [0.15, 0.2) is 42.5 Å². The Kier molecular flexibility index (Phi) is 4.37. The Hall–Kier alpha value is -1.91. The zero-order valence-electron chi connectivity index (χ0n) is 10.8. The molecule has 102 valence electrons. The van der Waals surface area contributed by atoms with E-state index in [1.807, 2.05) is 13.0 Å². The molecule has 1 amide bonds. The van der Waals surface area contributed by atoms with Crippen molar-refractivity contribution in [3.8, 4) is 0 Å². The molecule has 2 rings (SSSR count). The lowest BCUT2D eigenvalue weighted by Crippen LogP contribution is -2.14. The molecular weight excluding hydrogens is 292 g/mol. The van der Waals surface area contributed by atoms with Crippen LogP contribution in [0.2, 0.25) is 5.02 Å². The number of benzene rings is 2. The quantitative estimate of drug-likeness (QED) is 0.853. The summed E-state index contributed by atoms with van der Waals surface area (Å²) in [5.74, 6) is -0.204. The normalized spacial score (nSPS) is 10.1. The molecule has 0 saturated heterocycles. The van der Waals surface area contributed by atoms with Crippen molar-refractivity contribution in [1.29, 1.82) is 0 Å². The molecule has 0 atom stereocenters. The van der Waals surface area contributed by atoms with Crippen molar-refractivity contribution in [2.24, 2.45) is 5.73 Å². The Morgan fingerprint density at radius 1 is 1.15 bits per heavy atom. The van der Waals surface area contributed by atoms with Crippen LogP contribution in [0.4, 0.5) is 5.69 Å². The van der Waals surface area contributed by atoms with Crippen LogP contribution in [0.1, 0.15) is 21.5 Å². The largest absolute Gasteiger partial charge is 0.389 e. The monoisotopic (exact) mass is 304 g/mol. The Balaban J connectivity index is 2.20. The molecule has 0 aliphatic heterocycles. The van der Waals surface area contributed by atoms with Gasteiger partial charge in [-0.05, 0) is 36.8 Å². The number of halogens is 1. The van der Waals surface area contributed by atoms with Crippen LogP contribution in [0, 0.1) is 6.92 Å². The number of nitrogens with one attached hydrogen (secondary N) is 1. The van der Waals surface area contributed by atoms with E-state index in [1.54, 1.807) is 36.4 Å². The lowest BCUT2D eigenvalue weighted by molar-refractivity contribution is 0.102. The molecule has 0 saturated carbocycles. The Labute approximate surface area is 127 Å². The van der Waals surface area contributed by atoms with Gasteiger partial charge in [0.1, 0.15) is 4.99 Å². The number of carbonyl (C=O) groups excluding carboxylic acids is 1. The zero-order chi connectivity index (χ0) is 14.7. The molecule has 0 aromatic heterocycles. The maximum atomic E-state index is 12.1. The minimum atomic E-state index is -0.204. The number of thiocarbonyl (C=S) groups is 1. The molecule has 2 aromatic carbocycles. The number of hydrogen-bond donors (Lipinski definition) is 2. The second-order valence-corrected chi connectivity index (χ2v) is 5.16. The number of carbonyl (C=O) groups is 1. The van der Waals surface area contributed by atoms with Crippen LogP contribution in [0.5, 0.6) is 0 Å². The van der Waals surface area contributed by atoms with Gasteiger partial charge in [0, 0.05) is 21.8 Å². The van der Waals surface area contributed by atoms with Gasteiger partial charge in [-0.1, -0.05) is 42.0 Å². The standard InChI is InChI=1S/C15H13ClN2OS/c1-9-12(16)3-2-4-13(9)18-15(19)11-7-5-10(6-8-11)14(17)20/h2-8H,1H3,(H2,17,20)(H,18,19). The average molecular weight is 305 g/mol. The average Bonchev–Trinajstić information content (AvgIpc) is 2.44. The summed E-state index contributed by atoms with van der Waals surface area (Å²) < 4.78 is 0. The van der Waals surface area contributed by atoms with E-state index >= 15 is 0 Å². The minimum Gasteiger partial charge on any atom is -0.389 e. The van der Waals surface area contributed by atoms with Gasteiger partial charge >= 0.3 is 0 Å². The van der Waals surface area contributed by atoms with Crippen LogP contribution < -0.4 is 11.1 Å². The summed E-state index contributed by atoms with van der Waals surface area (Å²) in [5.41, 5.74) is 8.31. The van der Waals surface area contributed by atoms with Crippen molar-refractivity contribution >= 4 is 40.4 Å². The fraction of sp³-hybridized carbons (Fsp3) is 0.0667. The zero-order valence-corrected chi connectivity index (χ0v) is 12.4. The van der Waals surface area contributed by atoms with E-state index in [1.165, 1.54) is 0 Å². The highest BCUT2D eigenvalue weighted by Gasteiger charge is 2.09. The lowest BCUT2D eigenvalue weighted by atomic mass is 10.1. The first kappa shape index (κ1) is 14.5. The first-order valence-corrected chi connectivity index (χ1v) is 6.74. The van der Waals surface area contributed by atoms with E-state index in [2.05, 4.69) is 5.32 Å². The highest BCUT2D eigenvalue weighted by atomic mass is 35.5. The van der Waals surface area contributed by atoms with Gasteiger partial charge in [-0.3, -0.25) is 4.79 Å². The Morgan fingerprint density at radius 2 is 1.75 bits per heavy atom. The fourth-order valence-electron chi connectivity index (χ4n) is 1.72. The second kappa shape index (κ2) is 6.03. The van der Waals surface area contributed by atoms with Crippen LogP contribution in [0.25, 0.3) is 0 Å². The highest BCUT2D eigenvalue weighted by Crippen LogP contribution is 2.23. The summed E-state index contributed by atoms with van der Waals surface area (Å²) in [6.45, 7) is 1.86. The molecule has 5 heteroatoms. The molecule has 0 bridgehead atoms. The molecule has 0 spiro atoms. The van der Waals surface area contributed by atoms with Gasteiger partial charge in [0.05, 0.1) is 0 Å². The third kappa shape index (κ3) is 3.15. The first-order chi connectivity index (χ1) is 9.49. The Morgan fingerprint density at radius 3 is 2.35 bits per heavy atom. The Bertz CT molecular complexity index is 668. The molecule has 0 unspecified atom stereocenters. The van der Waals surface area contributed by atoms with Gasteiger partial charge in [-0.15, -0.1) is 0 Å². The maximum Gasteiger partial charge on any atom is 0.255 e. The maximum absolute atomic E-state index is 12.1. The number of hydrogen-bond acceptors (Lipinski definition) is 2. The topological polar surface area (TPSA) is 55.1 Å². The van der Waals surface area contributed by atoms with Crippen molar-refractivity contribution < 1.29 is 4.79 Å². The number of amides is 1. The molecule has 0 heterocycles. The van der Waals surface area contributed by atoms with Crippen molar-refractivity contribution in [2.45, 2.75) is 6.92 Å². The third-order valence-corrected chi connectivity index (χ3v) is 3.59. The van der Waals surface area contributed by atoms with E-state index in [4.69, 9.17) is 29.6 Å². The van der Waals surface area contributed by atoms with E-state index in [0.29, 0.717) is 21.3 Å². The van der Waals surface area contributed by atoms with Crippen LogP contribution in [-0.4, -0.2) is 10.9 Å². The number of anilines is 1. The van der Waals surface area contributed by atoms with Gasteiger partial charge in [0.2, 0.25) is 0 Å². The van der Waals surface area contributed by atoms with Crippen LogP contribution in [-0.2, 0) is 0 Å². The molecule has 0 aliphatic carbocycles. The van der Waals surface area contributed by atoms with Crippen molar-refractivity contribution in [1.82, 2.24) is 0 Å². The van der Waals surface area contributed by atoms with Crippen LogP contribution in [0.3, 0.4) is 0 Å². The summed E-state index contributed by atoms with van der Waals surface area (Å²) in [5, 5.41) is 3.45.